The molecule has 0 aliphatic rings. The van der Waals surface area contributed by atoms with Gasteiger partial charge in [0.25, 0.3) is 5.91 Å². The summed E-state index contributed by atoms with van der Waals surface area (Å²) in [6.45, 7) is 2.40. The third-order valence-electron chi connectivity index (χ3n) is 3.65. The van der Waals surface area contributed by atoms with Crippen molar-refractivity contribution in [2.24, 2.45) is 0 Å². The van der Waals surface area contributed by atoms with E-state index in [1.807, 2.05) is 55.5 Å². The maximum absolute atomic E-state index is 12.3. The molecule has 0 aliphatic carbocycles. The van der Waals surface area contributed by atoms with Gasteiger partial charge in [0.2, 0.25) is 0 Å². The largest absolute Gasteiger partial charge is 0.489 e. The Balaban J connectivity index is 1.61. The number of benzene rings is 2. The molecule has 0 unspecified atom stereocenters. The highest BCUT2D eigenvalue weighted by molar-refractivity contribution is 6.04. The molecule has 3 aromatic rings. The number of rotatable bonds is 5. The molecule has 0 radical (unpaired) electrons. The zero-order chi connectivity index (χ0) is 16.8. The van der Waals surface area contributed by atoms with Gasteiger partial charge >= 0.3 is 0 Å². The number of carbonyl (C=O) groups excluding carboxylic acids is 1. The molecule has 1 amide bonds. The van der Waals surface area contributed by atoms with Crippen LogP contribution in [0.25, 0.3) is 0 Å². The Morgan fingerprint density at radius 3 is 2.50 bits per heavy atom. The zero-order valence-corrected chi connectivity index (χ0v) is 13.4. The van der Waals surface area contributed by atoms with Crippen LogP contribution in [0.15, 0.2) is 73.1 Å². The van der Waals surface area contributed by atoms with Crippen LogP contribution in [-0.4, -0.2) is 10.9 Å². The molecule has 24 heavy (non-hydrogen) atoms. The third kappa shape index (κ3) is 3.98. The molecular weight excluding hydrogens is 300 g/mol. The first-order valence-electron chi connectivity index (χ1n) is 7.71. The second-order valence-electron chi connectivity index (χ2n) is 5.44. The van der Waals surface area contributed by atoms with E-state index in [1.165, 1.54) is 0 Å². The summed E-state index contributed by atoms with van der Waals surface area (Å²) < 4.78 is 5.69. The van der Waals surface area contributed by atoms with Crippen molar-refractivity contribution in [1.82, 2.24) is 4.98 Å². The molecular formula is C20H18N2O2. The van der Waals surface area contributed by atoms with Gasteiger partial charge in [-0.25, -0.2) is 0 Å². The van der Waals surface area contributed by atoms with Gasteiger partial charge in [-0.15, -0.1) is 0 Å². The third-order valence-corrected chi connectivity index (χ3v) is 3.65. The van der Waals surface area contributed by atoms with Crippen molar-refractivity contribution < 1.29 is 9.53 Å². The number of aryl methyl sites for hydroxylation is 1. The van der Waals surface area contributed by atoms with Gasteiger partial charge < -0.3 is 10.1 Å². The molecule has 1 N–H and O–H groups in total. The van der Waals surface area contributed by atoms with Crippen molar-refractivity contribution >= 4 is 11.6 Å². The smallest absolute Gasteiger partial charge is 0.255 e. The van der Waals surface area contributed by atoms with E-state index in [2.05, 4.69) is 10.3 Å². The van der Waals surface area contributed by atoms with Gasteiger partial charge in [0, 0.05) is 11.8 Å². The summed E-state index contributed by atoms with van der Waals surface area (Å²) in [6.07, 6.45) is 3.35. The van der Waals surface area contributed by atoms with E-state index in [4.69, 9.17) is 4.74 Å². The average Bonchev–Trinajstić information content (AvgIpc) is 2.63. The van der Waals surface area contributed by atoms with Crippen molar-refractivity contribution in [3.05, 3.63) is 89.7 Å². The molecule has 2 aromatic carbocycles. The number of aromatic nitrogens is 1. The van der Waals surface area contributed by atoms with Gasteiger partial charge in [-0.3, -0.25) is 9.78 Å². The van der Waals surface area contributed by atoms with Crippen LogP contribution in [0.3, 0.4) is 0 Å². The van der Waals surface area contributed by atoms with Gasteiger partial charge in [0.1, 0.15) is 12.4 Å². The van der Waals surface area contributed by atoms with Crippen LogP contribution >= 0.6 is 0 Å². The molecule has 0 fully saturated rings. The molecule has 0 spiro atoms. The lowest BCUT2D eigenvalue weighted by Gasteiger charge is -2.09. The molecule has 4 heteroatoms. The van der Waals surface area contributed by atoms with E-state index in [9.17, 15) is 4.79 Å². The first-order valence-corrected chi connectivity index (χ1v) is 7.71. The number of nitrogens with one attached hydrogen (secondary N) is 1. The number of anilines is 1. The Bertz CT molecular complexity index is 815. The number of carbonyl (C=O) groups is 1. The highest BCUT2D eigenvalue weighted by Gasteiger charge is 2.08. The summed E-state index contributed by atoms with van der Waals surface area (Å²) in [5.41, 5.74) is 3.31. The molecule has 0 bridgehead atoms. The maximum atomic E-state index is 12.3. The van der Waals surface area contributed by atoms with Gasteiger partial charge in [-0.1, -0.05) is 30.3 Å². The summed E-state index contributed by atoms with van der Waals surface area (Å²) in [4.78, 5) is 16.3. The van der Waals surface area contributed by atoms with E-state index in [0.717, 1.165) is 22.6 Å². The van der Waals surface area contributed by atoms with Crippen molar-refractivity contribution in [2.45, 2.75) is 13.5 Å². The van der Waals surface area contributed by atoms with Crippen molar-refractivity contribution in [1.29, 1.82) is 0 Å². The van der Waals surface area contributed by atoms with Crippen molar-refractivity contribution in [3.63, 3.8) is 0 Å². The van der Waals surface area contributed by atoms with Gasteiger partial charge in [-0.05, 0) is 48.4 Å². The average molecular weight is 318 g/mol. The van der Waals surface area contributed by atoms with E-state index >= 15 is 0 Å². The first kappa shape index (κ1) is 15.7. The van der Waals surface area contributed by atoms with Crippen molar-refractivity contribution in [2.75, 3.05) is 5.32 Å². The van der Waals surface area contributed by atoms with E-state index in [1.54, 1.807) is 24.5 Å². The summed E-state index contributed by atoms with van der Waals surface area (Å²) in [6, 6.07) is 18.9. The molecule has 0 saturated heterocycles. The van der Waals surface area contributed by atoms with Crippen LogP contribution in [0.4, 0.5) is 5.69 Å². The maximum Gasteiger partial charge on any atom is 0.255 e. The lowest BCUT2D eigenvalue weighted by molar-refractivity contribution is 0.102. The van der Waals surface area contributed by atoms with Crippen LogP contribution in [-0.2, 0) is 6.61 Å². The number of nitrogens with zero attached hydrogens (tertiary/aromatic N) is 1. The Labute approximate surface area is 141 Å². The van der Waals surface area contributed by atoms with Crippen LogP contribution in [0, 0.1) is 6.92 Å². The number of hydrogen-bond donors (Lipinski definition) is 1. The molecule has 120 valence electrons. The molecule has 1 heterocycles. The lowest BCUT2D eigenvalue weighted by atomic mass is 10.1. The number of hydrogen-bond acceptors (Lipinski definition) is 3. The second kappa shape index (κ2) is 7.42. The fraction of sp³-hybridized carbons (Fsp3) is 0.100. The minimum absolute atomic E-state index is 0.151. The summed E-state index contributed by atoms with van der Waals surface area (Å²) in [5, 5.41) is 2.87. The minimum Gasteiger partial charge on any atom is -0.489 e. The fourth-order valence-corrected chi connectivity index (χ4v) is 2.23. The first-order chi connectivity index (χ1) is 11.7. The predicted molar refractivity (Wildman–Crippen MR) is 94.1 cm³/mol. The molecule has 1 aromatic heterocycles. The summed E-state index contributed by atoms with van der Waals surface area (Å²) >= 11 is 0. The van der Waals surface area contributed by atoms with Crippen molar-refractivity contribution in [3.8, 4) is 5.75 Å². The Kier molecular flexibility index (Phi) is 4.87. The molecule has 0 aliphatic heterocycles. The van der Waals surface area contributed by atoms with Crippen LogP contribution in [0.1, 0.15) is 21.5 Å². The fourth-order valence-electron chi connectivity index (χ4n) is 2.23. The highest BCUT2D eigenvalue weighted by Crippen LogP contribution is 2.15. The number of pyridine rings is 1. The van der Waals surface area contributed by atoms with Crippen LogP contribution in [0.2, 0.25) is 0 Å². The number of para-hydroxylation sites is 1. The summed E-state index contributed by atoms with van der Waals surface area (Å²) in [5.74, 6) is 0.674. The lowest BCUT2D eigenvalue weighted by Crippen LogP contribution is -2.13. The monoisotopic (exact) mass is 318 g/mol. The quantitative estimate of drug-likeness (QED) is 0.766. The standard InChI is InChI=1S/C20H18N2O2/c1-15-11-12-21-13-19(15)22-20(23)17-9-7-16(8-10-17)14-24-18-5-3-2-4-6-18/h2-13H,14H2,1H3,(H,22,23). The summed E-state index contributed by atoms with van der Waals surface area (Å²) in [7, 11) is 0. The number of amides is 1. The minimum atomic E-state index is -0.151. The van der Waals surface area contributed by atoms with Crippen LogP contribution < -0.4 is 10.1 Å². The molecule has 3 rings (SSSR count). The van der Waals surface area contributed by atoms with E-state index < -0.39 is 0 Å². The van der Waals surface area contributed by atoms with Gasteiger partial charge in [0.05, 0.1) is 11.9 Å². The molecule has 0 atom stereocenters. The SMILES string of the molecule is Cc1ccncc1NC(=O)c1ccc(COc2ccccc2)cc1. The topological polar surface area (TPSA) is 51.2 Å². The second-order valence-corrected chi connectivity index (χ2v) is 5.44. The Morgan fingerprint density at radius 2 is 1.79 bits per heavy atom. The molecule has 4 nitrogen and oxygen atoms in total. The Morgan fingerprint density at radius 1 is 1.04 bits per heavy atom. The van der Waals surface area contributed by atoms with E-state index in [0.29, 0.717) is 12.2 Å². The van der Waals surface area contributed by atoms with Crippen LogP contribution in [0.5, 0.6) is 5.75 Å². The predicted octanol–water partition coefficient (Wildman–Crippen LogP) is 4.22. The van der Waals surface area contributed by atoms with Gasteiger partial charge in [-0.2, -0.15) is 0 Å². The molecule has 0 saturated carbocycles. The van der Waals surface area contributed by atoms with Gasteiger partial charge in [0.15, 0.2) is 0 Å². The number of ether oxygens (including phenoxy) is 1. The zero-order valence-electron chi connectivity index (χ0n) is 13.4. The Hall–Kier alpha value is -3.14. The van der Waals surface area contributed by atoms with E-state index in [-0.39, 0.29) is 5.91 Å². The highest BCUT2D eigenvalue weighted by atomic mass is 16.5. The normalized spacial score (nSPS) is 10.2.